The van der Waals surface area contributed by atoms with Gasteiger partial charge < -0.3 is 10.4 Å². The number of nitrogens with zero attached hydrogens (tertiary/aromatic N) is 2. The van der Waals surface area contributed by atoms with Gasteiger partial charge in [0.1, 0.15) is 11.4 Å². The molecular weight excluding hydrogens is 262 g/mol. The molecule has 4 heteroatoms. The van der Waals surface area contributed by atoms with Gasteiger partial charge in [0.2, 0.25) is 0 Å². The molecule has 2 N–H and O–H groups in total. The van der Waals surface area contributed by atoms with Crippen molar-refractivity contribution in [2.24, 2.45) is 15.9 Å². The topological polar surface area (TPSA) is 57.0 Å². The molecule has 106 valence electrons. The second-order valence-electron chi connectivity index (χ2n) is 5.53. The summed E-state index contributed by atoms with van der Waals surface area (Å²) in [6.45, 7) is 0.607. The first-order valence-electron chi connectivity index (χ1n) is 7.31. The molecule has 0 amide bonds. The summed E-state index contributed by atoms with van der Waals surface area (Å²) in [5.41, 5.74) is 3.05. The average molecular weight is 279 g/mol. The third-order valence-corrected chi connectivity index (χ3v) is 4.29. The lowest BCUT2D eigenvalue weighted by atomic mass is 9.74. The second-order valence-corrected chi connectivity index (χ2v) is 5.53. The van der Waals surface area contributed by atoms with E-state index in [0.29, 0.717) is 6.54 Å². The molecule has 2 aliphatic heterocycles. The molecule has 0 fully saturated rings. The van der Waals surface area contributed by atoms with E-state index in [2.05, 4.69) is 41.8 Å². The Bertz CT molecular complexity index is 691. The van der Waals surface area contributed by atoms with E-state index in [0.717, 1.165) is 23.7 Å². The zero-order valence-electron chi connectivity index (χ0n) is 11.7. The summed E-state index contributed by atoms with van der Waals surface area (Å²) in [5.74, 6) is 1.01. The van der Waals surface area contributed by atoms with Gasteiger partial charge in [-0.1, -0.05) is 36.5 Å². The standard InChI is InChI=1S/C17H17N3O/c21-10-9-18-16-11-13-12-5-1-2-6-14(12)20-17(13)8-4-3-7-15(17)19-16/h1-5,7-8,11,13,18,21H,6,9-10H2. The Labute approximate surface area is 123 Å². The maximum Gasteiger partial charge on any atom is 0.132 e. The summed E-state index contributed by atoms with van der Waals surface area (Å²) in [4.78, 5) is 9.70. The van der Waals surface area contributed by atoms with Crippen LogP contribution < -0.4 is 5.32 Å². The van der Waals surface area contributed by atoms with Crippen LogP contribution in [0.2, 0.25) is 0 Å². The Balaban J connectivity index is 1.81. The van der Waals surface area contributed by atoms with Crippen LogP contribution in [0.1, 0.15) is 6.42 Å². The van der Waals surface area contributed by atoms with Gasteiger partial charge in [-0.05, 0) is 17.7 Å². The molecule has 0 aromatic rings. The summed E-state index contributed by atoms with van der Waals surface area (Å²) in [6.07, 6.45) is 17.7. The van der Waals surface area contributed by atoms with Crippen LogP contribution in [0, 0.1) is 5.92 Å². The van der Waals surface area contributed by atoms with Crippen molar-refractivity contribution in [1.29, 1.82) is 0 Å². The Hall–Kier alpha value is -2.20. The normalized spacial score (nSPS) is 31.6. The quantitative estimate of drug-likeness (QED) is 0.826. The fourth-order valence-electron chi connectivity index (χ4n) is 3.37. The van der Waals surface area contributed by atoms with Gasteiger partial charge in [-0.25, -0.2) is 4.99 Å². The minimum Gasteiger partial charge on any atom is -0.395 e. The number of aliphatic hydroxyl groups excluding tert-OH is 1. The highest BCUT2D eigenvalue weighted by atomic mass is 16.3. The van der Waals surface area contributed by atoms with Crippen molar-refractivity contribution in [3.8, 4) is 0 Å². The molecule has 0 saturated carbocycles. The van der Waals surface area contributed by atoms with Gasteiger partial charge in [-0.3, -0.25) is 4.99 Å². The highest BCUT2D eigenvalue weighted by molar-refractivity contribution is 6.16. The van der Waals surface area contributed by atoms with E-state index in [9.17, 15) is 0 Å². The highest BCUT2D eigenvalue weighted by Gasteiger charge is 2.49. The Morgan fingerprint density at radius 2 is 2.29 bits per heavy atom. The number of hydrogen-bond donors (Lipinski definition) is 2. The number of allylic oxidation sites excluding steroid dienone is 5. The number of nitrogens with one attached hydrogen (secondary N) is 1. The van der Waals surface area contributed by atoms with Crippen LogP contribution in [0.3, 0.4) is 0 Å². The van der Waals surface area contributed by atoms with Crippen LogP contribution in [-0.4, -0.2) is 35.2 Å². The van der Waals surface area contributed by atoms with Crippen LogP contribution in [0.25, 0.3) is 0 Å². The molecular formula is C17H17N3O. The number of fused-ring (bicyclic) bond motifs is 2. The van der Waals surface area contributed by atoms with Crippen molar-refractivity contribution < 1.29 is 5.11 Å². The third kappa shape index (κ3) is 1.79. The number of hydrogen-bond acceptors (Lipinski definition) is 4. The van der Waals surface area contributed by atoms with E-state index in [-0.39, 0.29) is 18.1 Å². The maximum absolute atomic E-state index is 9.00. The van der Waals surface area contributed by atoms with E-state index >= 15 is 0 Å². The van der Waals surface area contributed by atoms with Crippen LogP contribution >= 0.6 is 0 Å². The lowest BCUT2D eigenvalue weighted by Gasteiger charge is -2.34. The molecule has 0 saturated heterocycles. The smallest absolute Gasteiger partial charge is 0.132 e. The fourth-order valence-corrected chi connectivity index (χ4v) is 3.37. The molecule has 0 aromatic carbocycles. The van der Waals surface area contributed by atoms with Crippen LogP contribution in [0.15, 0.2) is 70.0 Å². The van der Waals surface area contributed by atoms with Crippen molar-refractivity contribution in [2.45, 2.75) is 12.0 Å². The second kappa shape index (κ2) is 4.67. The third-order valence-electron chi connectivity index (χ3n) is 4.29. The first-order valence-corrected chi connectivity index (χ1v) is 7.31. The van der Waals surface area contributed by atoms with E-state index in [1.165, 1.54) is 5.57 Å². The van der Waals surface area contributed by atoms with E-state index < -0.39 is 0 Å². The summed E-state index contributed by atoms with van der Waals surface area (Å²) in [7, 11) is 0. The molecule has 0 aromatic heterocycles. The van der Waals surface area contributed by atoms with Crippen molar-refractivity contribution in [1.82, 2.24) is 5.32 Å². The first kappa shape index (κ1) is 12.5. The fraction of sp³-hybridized carbons (Fsp3) is 0.294. The number of rotatable bonds is 3. The molecule has 4 rings (SSSR count). The number of aliphatic hydroxyl groups is 1. The van der Waals surface area contributed by atoms with Crippen molar-refractivity contribution in [2.75, 3.05) is 13.2 Å². The maximum atomic E-state index is 9.00. The summed E-state index contributed by atoms with van der Waals surface area (Å²) >= 11 is 0. The molecule has 2 aliphatic carbocycles. The largest absolute Gasteiger partial charge is 0.395 e. The predicted octanol–water partition coefficient (Wildman–Crippen LogP) is 1.69. The van der Waals surface area contributed by atoms with Gasteiger partial charge >= 0.3 is 0 Å². The SMILES string of the molecule is OCCNC1=CC2C3=CC=CCC3=NC23C=CC=CC3=N1. The highest BCUT2D eigenvalue weighted by Crippen LogP contribution is 2.45. The molecule has 2 heterocycles. The molecule has 1 spiro atoms. The van der Waals surface area contributed by atoms with Crippen molar-refractivity contribution >= 4 is 11.4 Å². The van der Waals surface area contributed by atoms with Crippen LogP contribution in [-0.2, 0) is 0 Å². The van der Waals surface area contributed by atoms with Crippen LogP contribution in [0.4, 0.5) is 0 Å². The average Bonchev–Trinajstić information content (AvgIpc) is 2.84. The monoisotopic (exact) mass is 279 g/mol. The predicted molar refractivity (Wildman–Crippen MR) is 84.4 cm³/mol. The molecule has 21 heavy (non-hydrogen) atoms. The summed E-state index contributed by atoms with van der Waals surface area (Å²) in [5, 5.41) is 12.2. The number of aliphatic imine (C=N–C) groups is 2. The van der Waals surface area contributed by atoms with Gasteiger partial charge in [-0.15, -0.1) is 0 Å². The Kier molecular flexibility index (Phi) is 2.79. The van der Waals surface area contributed by atoms with E-state index in [1.807, 2.05) is 12.2 Å². The molecule has 4 aliphatic rings. The molecule has 2 atom stereocenters. The lowest BCUT2D eigenvalue weighted by Crippen LogP contribution is -2.43. The van der Waals surface area contributed by atoms with Gasteiger partial charge in [0.05, 0.1) is 12.3 Å². The Morgan fingerprint density at radius 3 is 3.19 bits per heavy atom. The zero-order chi connectivity index (χ0) is 14.3. The van der Waals surface area contributed by atoms with Crippen LogP contribution in [0.5, 0.6) is 0 Å². The summed E-state index contributed by atoms with van der Waals surface area (Å²) in [6, 6.07) is 0. The van der Waals surface area contributed by atoms with E-state index in [4.69, 9.17) is 15.1 Å². The lowest BCUT2D eigenvalue weighted by molar-refractivity contribution is 0.296. The van der Waals surface area contributed by atoms with E-state index in [1.54, 1.807) is 0 Å². The Morgan fingerprint density at radius 1 is 1.33 bits per heavy atom. The molecule has 0 radical (unpaired) electrons. The zero-order valence-corrected chi connectivity index (χ0v) is 11.7. The molecule has 4 nitrogen and oxygen atoms in total. The van der Waals surface area contributed by atoms with Gasteiger partial charge in [-0.2, -0.15) is 0 Å². The van der Waals surface area contributed by atoms with Crippen molar-refractivity contribution in [3.05, 3.63) is 60.0 Å². The minimum absolute atomic E-state index is 0.0981. The van der Waals surface area contributed by atoms with Crippen molar-refractivity contribution in [3.63, 3.8) is 0 Å². The van der Waals surface area contributed by atoms with Gasteiger partial charge in [0.25, 0.3) is 0 Å². The summed E-state index contributed by atoms with van der Waals surface area (Å²) < 4.78 is 0. The molecule has 0 bridgehead atoms. The first-order chi connectivity index (χ1) is 10.3. The minimum atomic E-state index is -0.369. The van der Waals surface area contributed by atoms with Gasteiger partial charge in [0, 0.05) is 24.6 Å². The molecule has 2 unspecified atom stereocenters. The van der Waals surface area contributed by atoms with Gasteiger partial charge in [0.15, 0.2) is 0 Å².